The van der Waals surface area contributed by atoms with E-state index in [0.717, 1.165) is 45.1 Å². The Labute approximate surface area is 202 Å². The van der Waals surface area contributed by atoms with E-state index < -0.39 is 0 Å². The SMILES string of the molecule is O=C(C=Cc1ccc(OCc2ccc(Br)cc2)cc1)N1CCN(c2ccc(Cl)cc2)CC1. The predicted molar refractivity (Wildman–Crippen MR) is 134 cm³/mol. The quantitative estimate of drug-likeness (QED) is 0.378. The summed E-state index contributed by atoms with van der Waals surface area (Å²) in [6, 6.07) is 23.7. The number of anilines is 1. The van der Waals surface area contributed by atoms with Crippen molar-refractivity contribution in [1.82, 2.24) is 4.90 Å². The van der Waals surface area contributed by atoms with Crippen molar-refractivity contribution in [2.24, 2.45) is 0 Å². The van der Waals surface area contributed by atoms with Crippen LogP contribution < -0.4 is 9.64 Å². The van der Waals surface area contributed by atoms with E-state index in [1.54, 1.807) is 6.08 Å². The molecule has 0 N–H and O–H groups in total. The predicted octanol–water partition coefficient (Wildman–Crippen LogP) is 6.04. The van der Waals surface area contributed by atoms with Crippen LogP contribution in [0.5, 0.6) is 5.75 Å². The van der Waals surface area contributed by atoms with Crippen molar-refractivity contribution in [1.29, 1.82) is 0 Å². The van der Waals surface area contributed by atoms with Crippen LogP contribution in [-0.4, -0.2) is 37.0 Å². The molecular formula is C26H24BrClN2O2. The molecule has 0 radical (unpaired) electrons. The number of nitrogens with zero attached hydrogens (tertiary/aromatic N) is 2. The number of halogens is 2. The van der Waals surface area contributed by atoms with Gasteiger partial charge in [-0.3, -0.25) is 4.79 Å². The number of piperazine rings is 1. The smallest absolute Gasteiger partial charge is 0.246 e. The summed E-state index contributed by atoms with van der Waals surface area (Å²) >= 11 is 9.40. The maximum Gasteiger partial charge on any atom is 0.246 e. The van der Waals surface area contributed by atoms with E-state index in [4.69, 9.17) is 16.3 Å². The zero-order valence-electron chi connectivity index (χ0n) is 17.6. The van der Waals surface area contributed by atoms with Crippen LogP contribution in [0, 0.1) is 0 Å². The lowest BCUT2D eigenvalue weighted by atomic mass is 10.2. The van der Waals surface area contributed by atoms with Gasteiger partial charge in [0.1, 0.15) is 12.4 Å². The first-order valence-electron chi connectivity index (χ1n) is 10.5. The second-order valence-corrected chi connectivity index (χ2v) is 8.96. The van der Waals surface area contributed by atoms with E-state index in [1.165, 1.54) is 0 Å². The molecule has 32 heavy (non-hydrogen) atoms. The lowest BCUT2D eigenvalue weighted by Crippen LogP contribution is -2.48. The number of hydrogen-bond donors (Lipinski definition) is 0. The highest BCUT2D eigenvalue weighted by Gasteiger charge is 2.19. The normalized spacial score (nSPS) is 14.1. The molecular weight excluding hydrogens is 488 g/mol. The largest absolute Gasteiger partial charge is 0.489 e. The van der Waals surface area contributed by atoms with Crippen molar-refractivity contribution >= 4 is 45.2 Å². The maximum atomic E-state index is 12.6. The first-order chi connectivity index (χ1) is 15.6. The lowest BCUT2D eigenvalue weighted by molar-refractivity contribution is -0.126. The van der Waals surface area contributed by atoms with Gasteiger partial charge < -0.3 is 14.5 Å². The molecule has 0 atom stereocenters. The molecule has 6 heteroatoms. The highest BCUT2D eigenvalue weighted by Crippen LogP contribution is 2.20. The average molecular weight is 512 g/mol. The Morgan fingerprint density at radius 1 is 0.906 bits per heavy atom. The van der Waals surface area contributed by atoms with Gasteiger partial charge in [0.25, 0.3) is 0 Å². The monoisotopic (exact) mass is 510 g/mol. The lowest BCUT2D eigenvalue weighted by Gasteiger charge is -2.35. The fraction of sp³-hybridized carbons (Fsp3) is 0.192. The van der Waals surface area contributed by atoms with Gasteiger partial charge in [0, 0.05) is 47.4 Å². The number of ether oxygens (including phenoxy) is 1. The molecule has 4 nitrogen and oxygen atoms in total. The topological polar surface area (TPSA) is 32.8 Å². The molecule has 1 heterocycles. The second kappa shape index (κ2) is 10.7. The molecule has 3 aromatic carbocycles. The molecule has 1 fully saturated rings. The molecule has 3 aromatic rings. The first kappa shape index (κ1) is 22.4. The van der Waals surface area contributed by atoms with Crippen LogP contribution in [-0.2, 0) is 11.4 Å². The first-order valence-corrected chi connectivity index (χ1v) is 11.7. The second-order valence-electron chi connectivity index (χ2n) is 7.61. The molecule has 1 aliphatic rings. The van der Waals surface area contributed by atoms with Gasteiger partial charge in [-0.05, 0) is 65.7 Å². The number of amides is 1. The number of rotatable bonds is 6. The van der Waals surface area contributed by atoms with E-state index in [1.807, 2.05) is 83.8 Å². The van der Waals surface area contributed by atoms with Gasteiger partial charge in [0.05, 0.1) is 0 Å². The van der Waals surface area contributed by atoms with Crippen LogP contribution in [0.4, 0.5) is 5.69 Å². The number of hydrogen-bond acceptors (Lipinski definition) is 3. The average Bonchev–Trinajstić information content (AvgIpc) is 2.83. The Hall–Kier alpha value is -2.76. The summed E-state index contributed by atoms with van der Waals surface area (Å²) in [4.78, 5) is 16.7. The molecule has 164 valence electrons. The maximum absolute atomic E-state index is 12.6. The van der Waals surface area contributed by atoms with Gasteiger partial charge in [-0.25, -0.2) is 0 Å². The standard InChI is InChI=1S/C26H24BrClN2O2/c27-22-6-1-21(2-7-22)19-32-25-12-3-20(4-13-25)5-14-26(31)30-17-15-29(16-18-30)24-10-8-23(28)9-11-24/h1-14H,15-19H2. The van der Waals surface area contributed by atoms with Gasteiger partial charge in [-0.2, -0.15) is 0 Å². The molecule has 1 saturated heterocycles. The van der Waals surface area contributed by atoms with Gasteiger partial charge in [0.15, 0.2) is 0 Å². The van der Waals surface area contributed by atoms with Crippen molar-refractivity contribution in [2.45, 2.75) is 6.61 Å². The highest BCUT2D eigenvalue weighted by molar-refractivity contribution is 9.10. The van der Waals surface area contributed by atoms with Crippen molar-refractivity contribution in [3.63, 3.8) is 0 Å². The van der Waals surface area contributed by atoms with Crippen molar-refractivity contribution in [2.75, 3.05) is 31.1 Å². The zero-order valence-corrected chi connectivity index (χ0v) is 19.9. The van der Waals surface area contributed by atoms with E-state index in [-0.39, 0.29) is 5.91 Å². The summed E-state index contributed by atoms with van der Waals surface area (Å²) in [6.45, 7) is 3.55. The molecule has 0 bridgehead atoms. The minimum atomic E-state index is 0.0383. The van der Waals surface area contributed by atoms with Crippen LogP contribution >= 0.6 is 27.5 Å². The fourth-order valence-corrected chi connectivity index (χ4v) is 3.92. The Kier molecular flexibility index (Phi) is 7.51. The summed E-state index contributed by atoms with van der Waals surface area (Å²) in [6.07, 6.45) is 3.50. The third-order valence-electron chi connectivity index (χ3n) is 5.40. The number of benzene rings is 3. The van der Waals surface area contributed by atoms with E-state index in [9.17, 15) is 4.79 Å². The van der Waals surface area contributed by atoms with Crippen molar-refractivity contribution in [3.05, 3.63) is 99.5 Å². The van der Waals surface area contributed by atoms with Crippen molar-refractivity contribution in [3.8, 4) is 5.75 Å². The van der Waals surface area contributed by atoms with E-state index in [0.29, 0.717) is 19.7 Å². The molecule has 4 rings (SSSR count). The molecule has 0 aromatic heterocycles. The van der Waals surface area contributed by atoms with Gasteiger partial charge in [-0.1, -0.05) is 51.8 Å². The van der Waals surface area contributed by atoms with Crippen LogP contribution in [0.1, 0.15) is 11.1 Å². The van der Waals surface area contributed by atoms with Gasteiger partial charge >= 0.3 is 0 Å². The van der Waals surface area contributed by atoms with Crippen LogP contribution in [0.15, 0.2) is 83.3 Å². The van der Waals surface area contributed by atoms with Gasteiger partial charge in [0.2, 0.25) is 5.91 Å². The Morgan fingerprint density at radius 2 is 1.56 bits per heavy atom. The Bertz CT molecular complexity index is 1060. The van der Waals surface area contributed by atoms with E-state index >= 15 is 0 Å². The van der Waals surface area contributed by atoms with Crippen molar-refractivity contribution < 1.29 is 9.53 Å². The summed E-state index contributed by atoms with van der Waals surface area (Å²) in [5.41, 5.74) is 3.22. The summed E-state index contributed by atoms with van der Waals surface area (Å²) in [5.74, 6) is 0.839. The fourth-order valence-electron chi connectivity index (χ4n) is 3.53. The Morgan fingerprint density at radius 3 is 2.22 bits per heavy atom. The molecule has 0 spiro atoms. The number of carbonyl (C=O) groups is 1. The summed E-state index contributed by atoms with van der Waals surface area (Å²) < 4.78 is 6.89. The summed E-state index contributed by atoms with van der Waals surface area (Å²) in [7, 11) is 0. The number of carbonyl (C=O) groups excluding carboxylic acids is 1. The zero-order chi connectivity index (χ0) is 22.3. The molecule has 0 saturated carbocycles. The van der Waals surface area contributed by atoms with Gasteiger partial charge in [-0.15, -0.1) is 0 Å². The molecule has 1 aliphatic heterocycles. The third kappa shape index (κ3) is 6.15. The van der Waals surface area contributed by atoms with Crippen LogP contribution in [0.3, 0.4) is 0 Å². The minimum Gasteiger partial charge on any atom is -0.489 e. The highest BCUT2D eigenvalue weighted by atomic mass is 79.9. The molecule has 0 aliphatic carbocycles. The van der Waals surface area contributed by atoms with Crippen LogP contribution in [0.25, 0.3) is 6.08 Å². The summed E-state index contributed by atoms with van der Waals surface area (Å²) in [5, 5.41) is 0.733. The van der Waals surface area contributed by atoms with Crippen LogP contribution in [0.2, 0.25) is 5.02 Å². The molecule has 1 amide bonds. The Balaban J connectivity index is 1.25. The third-order valence-corrected chi connectivity index (χ3v) is 6.18. The minimum absolute atomic E-state index is 0.0383. The molecule has 0 unspecified atom stereocenters. The van der Waals surface area contributed by atoms with E-state index in [2.05, 4.69) is 20.8 Å².